The summed E-state index contributed by atoms with van der Waals surface area (Å²) in [5.41, 5.74) is -1.78. The molecule has 31 heavy (non-hydrogen) atoms. The number of nitrogens with zero attached hydrogens (tertiary/aromatic N) is 2. The second-order valence-electron chi connectivity index (χ2n) is 7.57. The molecule has 0 radical (unpaired) electrons. The molecule has 168 valence electrons. The van der Waals surface area contributed by atoms with Gasteiger partial charge in [-0.25, -0.2) is 4.79 Å². The van der Waals surface area contributed by atoms with E-state index in [4.69, 9.17) is 21.1 Å². The van der Waals surface area contributed by atoms with E-state index >= 15 is 0 Å². The summed E-state index contributed by atoms with van der Waals surface area (Å²) in [5, 5.41) is 10.2. The third-order valence-electron chi connectivity index (χ3n) is 3.94. The largest absolute Gasteiger partial charge is 0.459 e. The van der Waals surface area contributed by atoms with Crippen molar-refractivity contribution in [2.24, 2.45) is 0 Å². The van der Waals surface area contributed by atoms with Crippen molar-refractivity contribution in [3.05, 3.63) is 62.7 Å². The zero-order chi connectivity index (χ0) is 23.6. The molecule has 7 nitrogen and oxygen atoms in total. The summed E-state index contributed by atoms with van der Waals surface area (Å²) in [6.45, 7) is 3.43. The number of hydrogen-bond donors (Lipinski definition) is 0. The first-order valence-electron chi connectivity index (χ1n) is 8.91. The Bertz CT molecular complexity index is 999. The molecule has 0 amide bonds. The van der Waals surface area contributed by atoms with Gasteiger partial charge in [-0.3, -0.25) is 10.1 Å². The van der Waals surface area contributed by atoms with E-state index in [0.717, 1.165) is 24.3 Å². The van der Waals surface area contributed by atoms with Crippen LogP contribution in [0.25, 0.3) is 0 Å². The Morgan fingerprint density at radius 3 is 2.32 bits per heavy atom. The van der Waals surface area contributed by atoms with E-state index < -0.39 is 43.2 Å². The fourth-order valence-corrected chi connectivity index (χ4v) is 4.83. The van der Waals surface area contributed by atoms with E-state index in [9.17, 15) is 28.1 Å². The standard InChI is InChI=1S/C19H20ClF3N2O5Si/c1-18(2,31-24(3)4)30-17(26)13-10-12(6-7-15(13)25(27)28)29-16-8-5-11(9-14(16)20)19(21,22)23/h5-10H,31H2,1-4H3. The maximum Gasteiger partial charge on any atom is 0.416 e. The minimum absolute atomic E-state index is 0.0260. The van der Waals surface area contributed by atoms with Gasteiger partial charge in [0, 0.05) is 12.1 Å². The summed E-state index contributed by atoms with van der Waals surface area (Å²) in [5.74, 6) is -1.04. The molecule has 2 aromatic carbocycles. The highest BCUT2D eigenvalue weighted by atomic mass is 35.5. The van der Waals surface area contributed by atoms with Crippen LogP contribution in [0.2, 0.25) is 5.02 Å². The number of nitro groups is 1. The second kappa shape index (κ2) is 9.24. The van der Waals surface area contributed by atoms with Crippen LogP contribution in [0.4, 0.5) is 18.9 Å². The number of ether oxygens (including phenoxy) is 2. The van der Waals surface area contributed by atoms with Crippen LogP contribution in [-0.2, 0) is 10.9 Å². The molecular weight excluding hydrogens is 457 g/mol. The zero-order valence-corrected chi connectivity index (χ0v) is 19.3. The van der Waals surface area contributed by atoms with E-state index in [-0.39, 0.29) is 22.1 Å². The van der Waals surface area contributed by atoms with Gasteiger partial charge in [-0.1, -0.05) is 11.6 Å². The molecule has 2 aromatic rings. The first-order valence-corrected chi connectivity index (χ1v) is 10.6. The van der Waals surface area contributed by atoms with Crippen LogP contribution in [0.3, 0.4) is 0 Å². The van der Waals surface area contributed by atoms with Crippen LogP contribution < -0.4 is 4.74 Å². The van der Waals surface area contributed by atoms with Crippen molar-refractivity contribution in [3.8, 4) is 11.5 Å². The summed E-state index contributed by atoms with van der Waals surface area (Å²) >= 11 is 5.88. The minimum atomic E-state index is -4.57. The molecule has 0 atom stereocenters. The van der Waals surface area contributed by atoms with E-state index in [1.807, 2.05) is 18.7 Å². The summed E-state index contributed by atoms with van der Waals surface area (Å²) < 4.78 is 51.2. The molecule has 0 unspecified atom stereocenters. The Balaban J connectivity index is 2.36. The predicted octanol–water partition coefficient (Wildman–Crippen LogP) is 4.60. The Kier molecular flexibility index (Phi) is 7.35. The number of hydrogen-bond acceptors (Lipinski definition) is 6. The molecule has 0 aliphatic carbocycles. The zero-order valence-electron chi connectivity index (χ0n) is 17.1. The highest BCUT2D eigenvalue weighted by Crippen LogP contribution is 2.37. The number of rotatable bonds is 7. The van der Waals surface area contributed by atoms with E-state index in [2.05, 4.69) is 0 Å². The Labute approximate surface area is 183 Å². The molecule has 0 saturated heterocycles. The number of alkyl halides is 3. The summed E-state index contributed by atoms with van der Waals surface area (Å²) in [4.78, 5) is 23.3. The fourth-order valence-electron chi connectivity index (χ4n) is 2.89. The van der Waals surface area contributed by atoms with Gasteiger partial charge in [-0.05, 0) is 52.2 Å². The molecule has 12 heteroatoms. The number of benzene rings is 2. The van der Waals surface area contributed by atoms with E-state index in [0.29, 0.717) is 6.07 Å². The number of esters is 1. The Morgan fingerprint density at radius 1 is 1.16 bits per heavy atom. The topological polar surface area (TPSA) is 81.9 Å². The van der Waals surface area contributed by atoms with Crippen LogP contribution in [-0.4, -0.2) is 44.5 Å². The van der Waals surface area contributed by atoms with Gasteiger partial charge in [-0.15, -0.1) is 0 Å². The number of nitro benzene ring substituents is 1. The number of halogens is 4. The van der Waals surface area contributed by atoms with Crippen molar-refractivity contribution in [1.29, 1.82) is 0 Å². The average molecular weight is 477 g/mol. The van der Waals surface area contributed by atoms with E-state index in [1.165, 1.54) is 6.07 Å². The van der Waals surface area contributed by atoms with Crippen molar-refractivity contribution in [1.82, 2.24) is 4.57 Å². The van der Waals surface area contributed by atoms with Gasteiger partial charge in [0.2, 0.25) is 0 Å². The second-order valence-corrected chi connectivity index (χ2v) is 11.3. The third kappa shape index (κ3) is 6.67. The molecule has 0 N–H and O–H groups in total. The van der Waals surface area contributed by atoms with Crippen LogP contribution >= 0.6 is 11.6 Å². The van der Waals surface area contributed by atoms with Crippen molar-refractivity contribution < 1.29 is 32.4 Å². The summed E-state index contributed by atoms with van der Waals surface area (Å²) in [6, 6.07) is 5.88. The SMILES string of the molecule is CN(C)[SiH2]C(C)(C)OC(=O)c1cc(Oc2ccc(C(F)(F)F)cc2Cl)ccc1[N+](=O)[O-]. The monoisotopic (exact) mass is 476 g/mol. The molecule has 2 rings (SSSR count). The minimum Gasteiger partial charge on any atom is -0.459 e. The summed E-state index contributed by atoms with van der Waals surface area (Å²) in [6.07, 6.45) is -4.57. The van der Waals surface area contributed by atoms with Crippen LogP contribution in [0, 0.1) is 10.1 Å². The molecular formula is C19H20ClF3N2O5Si. The average Bonchev–Trinajstić information content (AvgIpc) is 2.60. The molecule has 0 heterocycles. The molecule has 0 aliphatic rings. The van der Waals surface area contributed by atoms with Crippen molar-refractivity contribution in [2.45, 2.75) is 25.2 Å². The van der Waals surface area contributed by atoms with Crippen LogP contribution in [0.1, 0.15) is 29.8 Å². The quantitative estimate of drug-likeness (QED) is 0.251. The molecule has 0 aliphatic heterocycles. The fraction of sp³-hybridized carbons (Fsp3) is 0.316. The highest BCUT2D eigenvalue weighted by molar-refractivity contribution is 6.36. The number of carbonyl (C=O) groups is 1. The maximum atomic E-state index is 12.8. The van der Waals surface area contributed by atoms with Gasteiger partial charge in [-0.2, -0.15) is 13.2 Å². The number of carbonyl (C=O) groups excluding carboxylic acids is 1. The van der Waals surface area contributed by atoms with Gasteiger partial charge in [0.25, 0.3) is 5.69 Å². The van der Waals surface area contributed by atoms with Crippen molar-refractivity contribution in [2.75, 3.05) is 14.1 Å². The normalized spacial score (nSPS) is 12.4. The van der Waals surface area contributed by atoms with E-state index in [1.54, 1.807) is 13.8 Å². The highest BCUT2D eigenvalue weighted by Gasteiger charge is 2.32. The molecule has 0 saturated carbocycles. The lowest BCUT2D eigenvalue weighted by Gasteiger charge is -2.27. The van der Waals surface area contributed by atoms with Crippen LogP contribution in [0.5, 0.6) is 11.5 Å². The van der Waals surface area contributed by atoms with Crippen LogP contribution in [0.15, 0.2) is 36.4 Å². The van der Waals surface area contributed by atoms with Crippen molar-refractivity contribution in [3.63, 3.8) is 0 Å². The lowest BCUT2D eigenvalue weighted by Crippen LogP contribution is -2.42. The lowest BCUT2D eigenvalue weighted by molar-refractivity contribution is -0.385. The van der Waals surface area contributed by atoms with Crippen molar-refractivity contribution >= 4 is 32.9 Å². The molecule has 0 bridgehead atoms. The van der Waals surface area contributed by atoms with Gasteiger partial charge in [0.05, 0.1) is 15.5 Å². The first kappa shape index (κ1) is 24.6. The van der Waals surface area contributed by atoms with Gasteiger partial charge in [0.15, 0.2) is 0 Å². The smallest absolute Gasteiger partial charge is 0.416 e. The lowest BCUT2D eigenvalue weighted by atomic mass is 10.1. The summed E-state index contributed by atoms with van der Waals surface area (Å²) in [7, 11) is 2.68. The molecule has 0 aromatic heterocycles. The van der Waals surface area contributed by atoms with Gasteiger partial charge < -0.3 is 14.0 Å². The first-order chi connectivity index (χ1) is 14.2. The Morgan fingerprint density at radius 2 is 1.81 bits per heavy atom. The molecule has 0 spiro atoms. The Hall–Kier alpha value is -2.63. The maximum absolute atomic E-state index is 12.8. The third-order valence-corrected chi connectivity index (χ3v) is 5.77. The molecule has 0 fully saturated rings. The predicted molar refractivity (Wildman–Crippen MR) is 111 cm³/mol. The van der Waals surface area contributed by atoms with Gasteiger partial charge in [0.1, 0.15) is 32.0 Å². The van der Waals surface area contributed by atoms with Gasteiger partial charge >= 0.3 is 12.1 Å².